The summed E-state index contributed by atoms with van der Waals surface area (Å²) in [5, 5.41) is 5.72. The number of fused-ring (bicyclic) bond motifs is 1. The van der Waals surface area contributed by atoms with Gasteiger partial charge in [0, 0.05) is 16.9 Å². The standard InChI is InChI=1S/C26H26N4O3/c1-4-33-22-11-9-21(10-12-22)29-26(32)19-5-7-20(8-6-19)28-25(31)15-30-16-27-23-13-17(2)18(3)14-24(23)30/h5-14,16H,4,15H2,1-3H3,(H,28,31)(H,29,32). The van der Waals surface area contributed by atoms with Crippen molar-refractivity contribution < 1.29 is 14.3 Å². The maximum atomic E-state index is 12.6. The number of rotatable bonds is 7. The number of nitrogens with one attached hydrogen (secondary N) is 2. The Morgan fingerprint density at radius 3 is 2.24 bits per heavy atom. The third-order valence-corrected chi connectivity index (χ3v) is 5.40. The van der Waals surface area contributed by atoms with Gasteiger partial charge in [-0.25, -0.2) is 4.98 Å². The molecule has 3 aromatic carbocycles. The summed E-state index contributed by atoms with van der Waals surface area (Å²) in [6, 6.07) is 18.1. The Hall–Kier alpha value is -4.13. The van der Waals surface area contributed by atoms with Gasteiger partial charge in [-0.1, -0.05) is 0 Å². The van der Waals surface area contributed by atoms with Gasteiger partial charge in [0.05, 0.1) is 24.0 Å². The molecule has 1 aromatic heterocycles. The lowest BCUT2D eigenvalue weighted by Gasteiger charge is -2.09. The summed E-state index contributed by atoms with van der Waals surface area (Å²) in [5.41, 5.74) is 5.91. The van der Waals surface area contributed by atoms with E-state index in [0.717, 1.165) is 22.3 Å². The van der Waals surface area contributed by atoms with Gasteiger partial charge in [-0.3, -0.25) is 9.59 Å². The molecule has 2 N–H and O–H groups in total. The van der Waals surface area contributed by atoms with Crippen LogP contribution in [0.5, 0.6) is 5.75 Å². The molecule has 4 aromatic rings. The van der Waals surface area contributed by atoms with Crippen LogP contribution in [0.25, 0.3) is 11.0 Å². The second-order valence-electron chi connectivity index (χ2n) is 7.83. The molecule has 0 unspecified atom stereocenters. The van der Waals surface area contributed by atoms with E-state index in [-0.39, 0.29) is 18.4 Å². The first-order chi connectivity index (χ1) is 15.9. The third-order valence-electron chi connectivity index (χ3n) is 5.40. The van der Waals surface area contributed by atoms with Crippen molar-refractivity contribution in [3.05, 3.63) is 83.7 Å². The highest BCUT2D eigenvalue weighted by Gasteiger charge is 2.11. The molecule has 0 aliphatic carbocycles. The first-order valence-electron chi connectivity index (χ1n) is 10.8. The minimum absolute atomic E-state index is 0.152. The molecule has 33 heavy (non-hydrogen) atoms. The summed E-state index contributed by atoms with van der Waals surface area (Å²) in [6.45, 7) is 6.75. The lowest BCUT2D eigenvalue weighted by atomic mass is 10.1. The first kappa shape index (κ1) is 22.1. The molecule has 4 rings (SSSR count). The fourth-order valence-corrected chi connectivity index (χ4v) is 3.50. The smallest absolute Gasteiger partial charge is 0.255 e. The number of imidazole rings is 1. The number of amides is 2. The van der Waals surface area contributed by atoms with Crippen molar-refractivity contribution in [1.29, 1.82) is 0 Å². The Morgan fingerprint density at radius 1 is 0.909 bits per heavy atom. The molecule has 7 heteroatoms. The van der Waals surface area contributed by atoms with Crippen molar-refractivity contribution in [2.24, 2.45) is 0 Å². The topological polar surface area (TPSA) is 85.3 Å². The highest BCUT2D eigenvalue weighted by Crippen LogP contribution is 2.19. The number of nitrogens with zero attached hydrogens (tertiary/aromatic N) is 2. The Balaban J connectivity index is 1.36. The van der Waals surface area contributed by atoms with Crippen LogP contribution in [0.3, 0.4) is 0 Å². The summed E-state index contributed by atoms with van der Waals surface area (Å²) in [5.74, 6) is 0.358. The summed E-state index contributed by atoms with van der Waals surface area (Å²) in [4.78, 5) is 29.5. The summed E-state index contributed by atoms with van der Waals surface area (Å²) < 4.78 is 7.24. The van der Waals surface area contributed by atoms with E-state index in [0.29, 0.717) is 23.5 Å². The number of hydrogen-bond acceptors (Lipinski definition) is 4. The Labute approximate surface area is 192 Å². The average Bonchev–Trinajstić information content (AvgIpc) is 3.17. The zero-order valence-electron chi connectivity index (χ0n) is 18.9. The summed E-state index contributed by atoms with van der Waals surface area (Å²) in [6.07, 6.45) is 1.68. The molecule has 2 amide bonds. The van der Waals surface area contributed by atoms with Gasteiger partial charge in [0.25, 0.3) is 5.91 Å². The number of ether oxygens (including phenoxy) is 1. The summed E-state index contributed by atoms with van der Waals surface area (Å²) >= 11 is 0. The number of benzene rings is 3. The van der Waals surface area contributed by atoms with Crippen LogP contribution in [-0.2, 0) is 11.3 Å². The fraction of sp³-hybridized carbons (Fsp3) is 0.192. The van der Waals surface area contributed by atoms with E-state index in [2.05, 4.69) is 15.6 Å². The van der Waals surface area contributed by atoms with Crippen molar-refractivity contribution in [3.63, 3.8) is 0 Å². The van der Waals surface area contributed by atoms with Gasteiger partial charge in [-0.15, -0.1) is 0 Å². The van der Waals surface area contributed by atoms with E-state index < -0.39 is 0 Å². The van der Waals surface area contributed by atoms with E-state index in [4.69, 9.17) is 4.74 Å². The zero-order chi connectivity index (χ0) is 23.4. The molecular weight excluding hydrogens is 416 g/mol. The lowest BCUT2D eigenvalue weighted by molar-refractivity contribution is -0.116. The van der Waals surface area contributed by atoms with Gasteiger partial charge >= 0.3 is 0 Å². The highest BCUT2D eigenvalue weighted by atomic mass is 16.5. The molecule has 0 bridgehead atoms. The molecule has 0 saturated carbocycles. The van der Waals surface area contributed by atoms with Gasteiger partial charge in [0.15, 0.2) is 0 Å². The Morgan fingerprint density at radius 2 is 1.55 bits per heavy atom. The molecule has 0 saturated heterocycles. The number of carbonyl (C=O) groups is 2. The number of aryl methyl sites for hydroxylation is 2. The predicted molar refractivity (Wildman–Crippen MR) is 130 cm³/mol. The number of anilines is 2. The third kappa shape index (κ3) is 5.20. The molecular formula is C26H26N4O3. The predicted octanol–water partition coefficient (Wildman–Crippen LogP) is 4.94. The molecule has 0 aliphatic heterocycles. The molecule has 168 valence electrons. The minimum atomic E-state index is -0.229. The number of hydrogen-bond donors (Lipinski definition) is 2. The highest BCUT2D eigenvalue weighted by molar-refractivity contribution is 6.04. The number of carbonyl (C=O) groups excluding carboxylic acids is 2. The van der Waals surface area contributed by atoms with Crippen molar-refractivity contribution in [3.8, 4) is 5.75 Å². The van der Waals surface area contributed by atoms with Crippen molar-refractivity contribution in [2.45, 2.75) is 27.3 Å². The van der Waals surface area contributed by atoms with Crippen LogP contribution in [0, 0.1) is 13.8 Å². The first-order valence-corrected chi connectivity index (χ1v) is 10.8. The van der Waals surface area contributed by atoms with Gasteiger partial charge in [0.2, 0.25) is 5.91 Å². The largest absolute Gasteiger partial charge is 0.494 e. The van der Waals surface area contributed by atoms with Crippen LogP contribution in [0.2, 0.25) is 0 Å². The van der Waals surface area contributed by atoms with Crippen LogP contribution < -0.4 is 15.4 Å². The monoisotopic (exact) mass is 442 g/mol. The molecule has 0 atom stereocenters. The zero-order valence-corrected chi connectivity index (χ0v) is 18.9. The van der Waals surface area contributed by atoms with Gasteiger partial charge < -0.3 is 19.9 Å². The quantitative estimate of drug-likeness (QED) is 0.424. The van der Waals surface area contributed by atoms with E-state index in [1.54, 1.807) is 42.7 Å². The Kier molecular flexibility index (Phi) is 6.40. The normalized spacial score (nSPS) is 10.8. The second kappa shape index (κ2) is 9.56. The van der Waals surface area contributed by atoms with Crippen molar-refractivity contribution >= 4 is 34.2 Å². The van der Waals surface area contributed by atoms with E-state index in [1.807, 2.05) is 49.6 Å². The van der Waals surface area contributed by atoms with Crippen LogP contribution >= 0.6 is 0 Å². The second-order valence-corrected chi connectivity index (χ2v) is 7.83. The molecule has 0 fully saturated rings. The van der Waals surface area contributed by atoms with Gasteiger partial charge in [0.1, 0.15) is 12.3 Å². The van der Waals surface area contributed by atoms with Crippen molar-refractivity contribution in [2.75, 3.05) is 17.2 Å². The van der Waals surface area contributed by atoms with Crippen LogP contribution in [-0.4, -0.2) is 28.0 Å². The van der Waals surface area contributed by atoms with Gasteiger partial charge in [-0.05, 0) is 92.6 Å². The van der Waals surface area contributed by atoms with Crippen LogP contribution in [0.4, 0.5) is 11.4 Å². The fourth-order valence-electron chi connectivity index (χ4n) is 3.50. The van der Waals surface area contributed by atoms with Crippen molar-refractivity contribution in [1.82, 2.24) is 9.55 Å². The number of aromatic nitrogens is 2. The molecule has 7 nitrogen and oxygen atoms in total. The maximum absolute atomic E-state index is 12.6. The average molecular weight is 443 g/mol. The van der Waals surface area contributed by atoms with Crippen LogP contribution in [0.1, 0.15) is 28.4 Å². The minimum Gasteiger partial charge on any atom is -0.494 e. The lowest BCUT2D eigenvalue weighted by Crippen LogP contribution is -2.18. The summed E-state index contributed by atoms with van der Waals surface area (Å²) in [7, 11) is 0. The SMILES string of the molecule is CCOc1ccc(NC(=O)c2ccc(NC(=O)Cn3cnc4cc(C)c(C)cc43)cc2)cc1. The maximum Gasteiger partial charge on any atom is 0.255 e. The molecule has 1 heterocycles. The van der Waals surface area contributed by atoms with E-state index in [1.165, 1.54) is 5.56 Å². The van der Waals surface area contributed by atoms with E-state index >= 15 is 0 Å². The van der Waals surface area contributed by atoms with E-state index in [9.17, 15) is 9.59 Å². The Bertz CT molecular complexity index is 1290. The molecule has 0 radical (unpaired) electrons. The van der Waals surface area contributed by atoms with Crippen LogP contribution in [0.15, 0.2) is 67.0 Å². The molecule has 0 aliphatic rings. The van der Waals surface area contributed by atoms with Gasteiger partial charge in [-0.2, -0.15) is 0 Å². The molecule has 0 spiro atoms.